The van der Waals surface area contributed by atoms with Gasteiger partial charge in [-0.25, -0.2) is 9.48 Å². The maximum atomic E-state index is 12.3. The van der Waals surface area contributed by atoms with Crippen LogP contribution in [0, 0.1) is 0 Å². The quantitative estimate of drug-likeness (QED) is 0.732. The first-order chi connectivity index (χ1) is 12.7. The Morgan fingerprint density at radius 1 is 1.23 bits per heavy atom. The molecule has 0 spiro atoms. The standard InChI is InChI=1S/C20H19ClN4O/c21-16-6-7-18-15(12-16)5-8-19(18)24-20(26)22-13-14-3-1-4-17(11-14)25-10-2-9-23-25/h1-4,6-7,9-12,19H,5,8,13H2,(H2,22,24,26). The molecule has 1 heterocycles. The van der Waals surface area contributed by atoms with E-state index in [1.54, 1.807) is 10.9 Å². The fourth-order valence-electron chi connectivity index (χ4n) is 3.36. The largest absolute Gasteiger partial charge is 0.334 e. The summed E-state index contributed by atoms with van der Waals surface area (Å²) < 4.78 is 1.80. The molecule has 0 aliphatic heterocycles. The number of halogens is 1. The van der Waals surface area contributed by atoms with Crippen LogP contribution in [-0.4, -0.2) is 15.8 Å². The van der Waals surface area contributed by atoms with Crippen molar-refractivity contribution in [1.82, 2.24) is 20.4 Å². The van der Waals surface area contributed by atoms with E-state index in [2.05, 4.69) is 15.7 Å². The highest BCUT2D eigenvalue weighted by molar-refractivity contribution is 6.30. The molecule has 1 unspecified atom stereocenters. The number of carbonyl (C=O) groups excluding carboxylic acids is 1. The van der Waals surface area contributed by atoms with Gasteiger partial charge in [-0.05, 0) is 59.9 Å². The van der Waals surface area contributed by atoms with E-state index in [4.69, 9.17) is 11.6 Å². The van der Waals surface area contributed by atoms with E-state index in [9.17, 15) is 4.79 Å². The van der Waals surface area contributed by atoms with Crippen LogP contribution in [0.15, 0.2) is 60.9 Å². The van der Waals surface area contributed by atoms with Gasteiger partial charge in [0.15, 0.2) is 0 Å². The summed E-state index contributed by atoms with van der Waals surface area (Å²) in [5.74, 6) is 0. The highest BCUT2D eigenvalue weighted by atomic mass is 35.5. The van der Waals surface area contributed by atoms with Crippen molar-refractivity contribution in [3.05, 3.63) is 82.6 Å². The van der Waals surface area contributed by atoms with Crippen LogP contribution < -0.4 is 10.6 Å². The molecule has 1 aliphatic rings. The van der Waals surface area contributed by atoms with Gasteiger partial charge in [0.1, 0.15) is 0 Å². The third-order valence-corrected chi connectivity index (χ3v) is 4.86. The Morgan fingerprint density at radius 3 is 3.00 bits per heavy atom. The van der Waals surface area contributed by atoms with E-state index in [1.807, 2.05) is 54.7 Å². The molecule has 2 N–H and O–H groups in total. The van der Waals surface area contributed by atoms with Gasteiger partial charge in [-0.1, -0.05) is 29.8 Å². The van der Waals surface area contributed by atoms with E-state index in [1.165, 1.54) is 5.56 Å². The molecule has 0 saturated heterocycles. The first kappa shape index (κ1) is 16.7. The van der Waals surface area contributed by atoms with Crippen molar-refractivity contribution < 1.29 is 4.79 Å². The number of urea groups is 1. The summed E-state index contributed by atoms with van der Waals surface area (Å²) in [6.07, 6.45) is 5.47. The second kappa shape index (κ2) is 7.22. The Bertz CT molecular complexity index is 923. The van der Waals surface area contributed by atoms with Crippen LogP contribution in [0.2, 0.25) is 5.02 Å². The summed E-state index contributed by atoms with van der Waals surface area (Å²) >= 11 is 6.04. The minimum Gasteiger partial charge on any atom is -0.334 e. The number of carbonyl (C=O) groups is 1. The van der Waals surface area contributed by atoms with Crippen molar-refractivity contribution in [2.45, 2.75) is 25.4 Å². The van der Waals surface area contributed by atoms with Gasteiger partial charge < -0.3 is 10.6 Å². The lowest BCUT2D eigenvalue weighted by molar-refractivity contribution is 0.236. The van der Waals surface area contributed by atoms with Gasteiger partial charge in [0.25, 0.3) is 0 Å². The normalized spacial score (nSPS) is 15.5. The van der Waals surface area contributed by atoms with E-state index in [0.717, 1.165) is 34.7 Å². The van der Waals surface area contributed by atoms with Gasteiger partial charge in [-0.15, -0.1) is 0 Å². The number of hydrogen-bond donors (Lipinski definition) is 2. The highest BCUT2D eigenvalue weighted by Gasteiger charge is 2.23. The number of benzene rings is 2. The number of rotatable bonds is 4. The summed E-state index contributed by atoms with van der Waals surface area (Å²) in [5, 5.41) is 11.0. The number of nitrogens with one attached hydrogen (secondary N) is 2. The van der Waals surface area contributed by atoms with Crippen molar-refractivity contribution >= 4 is 17.6 Å². The molecule has 0 fully saturated rings. The minimum atomic E-state index is -0.165. The lowest BCUT2D eigenvalue weighted by Crippen LogP contribution is -2.36. The van der Waals surface area contributed by atoms with Gasteiger partial charge in [-0.2, -0.15) is 5.10 Å². The number of fused-ring (bicyclic) bond motifs is 1. The van der Waals surface area contributed by atoms with E-state index < -0.39 is 0 Å². The Labute approximate surface area is 157 Å². The van der Waals surface area contributed by atoms with Crippen molar-refractivity contribution in [1.29, 1.82) is 0 Å². The summed E-state index contributed by atoms with van der Waals surface area (Å²) in [6, 6.07) is 15.6. The van der Waals surface area contributed by atoms with Gasteiger partial charge in [0.2, 0.25) is 0 Å². The fraction of sp³-hybridized carbons (Fsp3) is 0.200. The van der Waals surface area contributed by atoms with Crippen LogP contribution in [0.5, 0.6) is 0 Å². The Kier molecular flexibility index (Phi) is 4.63. The maximum absolute atomic E-state index is 12.3. The molecule has 0 bridgehead atoms. The Balaban J connectivity index is 1.36. The van der Waals surface area contributed by atoms with Gasteiger partial charge in [-0.3, -0.25) is 0 Å². The number of hydrogen-bond acceptors (Lipinski definition) is 2. The lowest BCUT2D eigenvalue weighted by atomic mass is 10.1. The minimum absolute atomic E-state index is 0.0395. The first-order valence-corrected chi connectivity index (χ1v) is 8.98. The van der Waals surface area contributed by atoms with Gasteiger partial charge >= 0.3 is 6.03 Å². The topological polar surface area (TPSA) is 59.0 Å². The molecule has 6 heteroatoms. The number of amides is 2. The number of nitrogens with zero attached hydrogens (tertiary/aromatic N) is 2. The molecule has 2 aromatic carbocycles. The first-order valence-electron chi connectivity index (χ1n) is 8.61. The summed E-state index contributed by atoms with van der Waals surface area (Å²) in [6.45, 7) is 0.459. The third-order valence-electron chi connectivity index (χ3n) is 4.62. The van der Waals surface area contributed by atoms with Crippen LogP contribution in [0.1, 0.15) is 29.2 Å². The highest BCUT2D eigenvalue weighted by Crippen LogP contribution is 2.32. The Hall–Kier alpha value is -2.79. The molecule has 26 heavy (non-hydrogen) atoms. The average Bonchev–Trinajstić information content (AvgIpc) is 3.31. The van der Waals surface area contributed by atoms with Crippen molar-refractivity contribution in [3.8, 4) is 5.69 Å². The van der Waals surface area contributed by atoms with Crippen molar-refractivity contribution in [2.24, 2.45) is 0 Å². The summed E-state index contributed by atoms with van der Waals surface area (Å²) in [5.41, 5.74) is 4.36. The zero-order chi connectivity index (χ0) is 17.9. The predicted molar refractivity (Wildman–Crippen MR) is 101 cm³/mol. The number of aromatic nitrogens is 2. The molecule has 0 radical (unpaired) electrons. The van der Waals surface area contributed by atoms with Crippen LogP contribution in [0.4, 0.5) is 4.79 Å². The Morgan fingerprint density at radius 2 is 2.15 bits per heavy atom. The molecule has 5 nitrogen and oxygen atoms in total. The van der Waals surface area contributed by atoms with E-state index in [-0.39, 0.29) is 12.1 Å². The number of aryl methyl sites for hydroxylation is 1. The molecule has 132 valence electrons. The molecule has 1 aliphatic carbocycles. The SMILES string of the molecule is O=C(NCc1cccc(-n2cccn2)c1)NC1CCc2cc(Cl)ccc21. The molecule has 2 amide bonds. The van der Waals surface area contributed by atoms with Gasteiger partial charge in [0.05, 0.1) is 11.7 Å². The molecule has 0 saturated carbocycles. The van der Waals surface area contributed by atoms with Crippen LogP contribution >= 0.6 is 11.6 Å². The third kappa shape index (κ3) is 3.58. The fourth-order valence-corrected chi connectivity index (χ4v) is 3.55. The second-order valence-electron chi connectivity index (χ2n) is 6.38. The van der Waals surface area contributed by atoms with Crippen molar-refractivity contribution in [2.75, 3.05) is 0 Å². The van der Waals surface area contributed by atoms with Crippen LogP contribution in [0.25, 0.3) is 5.69 Å². The molecule has 4 rings (SSSR count). The maximum Gasteiger partial charge on any atom is 0.315 e. The van der Waals surface area contributed by atoms with E-state index in [0.29, 0.717) is 6.54 Å². The zero-order valence-electron chi connectivity index (χ0n) is 14.2. The molecule has 1 atom stereocenters. The average molecular weight is 367 g/mol. The zero-order valence-corrected chi connectivity index (χ0v) is 14.9. The lowest BCUT2D eigenvalue weighted by Gasteiger charge is -2.15. The van der Waals surface area contributed by atoms with E-state index >= 15 is 0 Å². The molecular formula is C20H19ClN4O. The second-order valence-corrected chi connectivity index (χ2v) is 6.82. The van der Waals surface area contributed by atoms with Gasteiger partial charge in [0, 0.05) is 24.0 Å². The monoisotopic (exact) mass is 366 g/mol. The summed E-state index contributed by atoms with van der Waals surface area (Å²) in [7, 11) is 0. The van der Waals surface area contributed by atoms with Crippen LogP contribution in [-0.2, 0) is 13.0 Å². The summed E-state index contributed by atoms with van der Waals surface area (Å²) in [4.78, 5) is 12.3. The smallest absolute Gasteiger partial charge is 0.315 e. The molecular weight excluding hydrogens is 348 g/mol. The molecule has 1 aromatic heterocycles. The molecule has 3 aromatic rings. The van der Waals surface area contributed by atoms with Crippen molar-refractivity contribution in [3.63, 3.8) is 0 Å². The van der Waals surface area contributed by atoms with Crippen LogP contribution in [0.3, 0.4) is 0 Å². The predicted octanol–water partition coefficient (Wildman–Crippen LogP) is 4.01.